The highest BCUT2D eigenvalue weighted by atomic mass is 32.1. The van der Waals surface area contributed by atoms with Gasteiger partial charge in [0.15, 0.2) is 0 Å². The first-order valence-corrected chi connectivity index (χ1v) is 7.02. The van der Waals surface area contributed by atoms with Crippen molar-refractivity contribution in [2.45, 2.75) is 32.4 Å². The summed E-state index contributed by atoms with van der Waals surface area (Å²) < 4.78 is 13.8. The Bertz CT molecular complexity index is 614. The number of hydrogen-bond donors (Lipinski definition) is 2. The Morgan fingerprint density at radius 3 is 2.45 bits per heavy atom. The van der Waals surface area contributed by atoms with Crippen LogP contribution in [0.2, 0.25) is 0 Å². The van der Waals surface area contributed by atoms with Crippen molar-refractivity contribution in [1.82, 2.24) is 10.3 Å². The number of aliphatic hydroxyl groups is 1. The van der Waals surface area contributed by atoms with E-state index in [4.69, 9.17) is 0 Å². The van der Waals surface area contributed by atoms with Crippen LogP contribution in [0, 0.1) is 5.82 Å². The van der Waals surface area contributed by atoms with E-state index in [2.05, 4.69) is 10.3 Å². The lowest BCUT2D eigenvalue weighted by Gasteiger charge is -2.22. The molecule has 0 radical (unpaired) electrons. The number of pyridine rings is 1. The van der Waals surface area contributed by atoms with E-state index in [1.807, 2.05) is 20.8 Å². The monoisotopic (exact) mass is 322 g/mol. The minimum Gasteiger partial charge on any atom is -0.385 e. The lowest BCUT2D eigenvalue weighted by Crippen LogP contribution is -2.38. The van der Waals surface area contributed by atoms with Crippen molar-refractivity contribution in [2.75, 3.05) is 6.54 Å². The van der Waals surface area contributed by atoms with Crippen LogP contribution in [0.15, 0.2) is 42.5 Å². The van der Waals surface area contributed by atoms with E-state index in [0.717, 1.165) is 0 Å². The van der Waals surface area contributed by atoms with Crippen LogP contribution < -0.4 is 5.32 Å². The SMILES string of the molecule is CC(C)(C)NC[C@H](O)c1cccc(-c2ccccc2F)n1.S. The van der Waals surface area contributed by atoms with Crippen LogP contribution in [0.25, 0.3) is 11.3 Å². The Labute approximate surface area is 138 Å². The molecular weight excluding hydrogens is 299 g/mol. The summed E-state index contributed by atoms with van der Waals surface area (Å²) in [6, 6.07) is 11.8. The topological polar surface area (TPSA) is 45.1 Å². The van der Waals surface area contributed by atoms with Crippen molar-refractivity contribution < 1.29 is 9.50 Å². The van der Waals surface area contributed by atoms with Gasteiger partial charge in [0.25, 0.3) is 0 Å². The minimum absolute atomic E-state index is 0. The summed E-state index contributed by atoms with van der Waals surface area (Å²) in [5, 5.41) is 13.4. The largest absolute Gasteiger partial charge is 0.385 e. The van der Waals surface area contributed by atoms with Gasteiger partial charge in [0.05, 0.1) is 11.4 Å². The normalized spacial score (nSPS) is 12.6. The molecule has 0 unspecified atom stereocenters. The maximum atomic E-state index is 13.8. The summed E-state index contributed by atoms with van der Waals surface area (Å²) in [6.45, 7) is 6.49. The minimum atomic E-state index is -0.726. The molecule has 0 saturated carbocycles. The third-order valence-electron chi connectivity index (χ3n) is 3.09. The number of nitrogens with one attached hydrogen (secondary N) is 1. The Hall–Kier alpha value is -1.43. The van der Waals surface area contributed by atoms with Crippen molar-refractivity contribution in [3.63, 3.8) is 0 Å². The Kier molecular flexibility index (Phi) is 6.53. The second-order valence-corrected chi connectivity index (χ2v) is 6.07. The van der Waals surface area contributed by atoms with Crippen LogP contribution in [0.1, 0.15) is 32.6 Å². The van der Waals surface area contributed by atoms with Crippen molar-refractivity contribution in [1.29, 1.82) is 0 Å². The molecular formula is C17H23FN2OS. The van der Waals surface area contributed by atoms with Crippen LogP contribution in [-0.4, -0.2) is 22.2 Å². The molecule has 0 spiro atoms. The standard InChI is InChI=1S/C17H21FN2O.H2S/c1-17(2,3)19-11-16(21)15-10-6-9-14(20-15)12-7-4-5-8-13(12)18;/h4-10,16,19,21H,11H2,1-3H3;1H2/t16-;/m0./s1. The molecule has 0 bridgehead atoms. The fourth-order valence-electron chi connectivity index (χ4n) is 1.96. The van der Waals surface area contributed by atoms with E-state index >= 15 is 0 Å². The van der Waals surface area contributed by atoms with Gasteiger partial charge in [0.2, 0.25) is 0 Å². The van der Waals surface area contributed by atoms with Gasteiger partial charge < -0.3 is 10.4 Å². The number of aromatic nitrogens is 1. The second-order valence-electron chi connectivity index (χ2n) is 6.07. The summed E-state index contributed by atoms with van der Waals surface area (Å²) in [5.41, 5.74) is 1.42. The molecule has 2 N–H and O–H groups in total. The van der Waals surface area contributed by atoms with Gasteiger partial charge in [-0.1, -0.05) is 18.2 Å². The van der Waals surface area contributed by atoms with Crippen molar-refractivity contribution >= 4 is 13.5 Å². The molecule has 2 rings (SSSR count). The average Bonchev–Trinajstić information content (AvgIpc) is 2.44. The zero-order valence-electron chi connectivity index (χ0n) is 13.1. The summed E-state index contributed by atoms with van der Waals surface area (Å²) in [6.07, 6.45) is -0.726. The molecule has 0 aliphatic carbocycles. The van der Waals surface area contributed by atoms with Crippen molar-refractivity contribution in [3.05, 3.63) is 54.0 Å². The first kappa shape index (κ1) is 18.6. The third kappa shape index (κ3) is 5.09. The van der Waals surface area contributed by atoms with Gasteiger partial charge in [-0.25, -0.2) is 9.37 Å². The number of β-amino-alcohol motifs (C(OH)–C–C–N with tert-alkyl or cyclic N) is 1. The molecule has 0 aliphatic heterocycles. The number of nitrogens with zero attached hydrogens (tertiary/aromatic N) is 1. The van der Waals surface area contributed by atoms with Crippen LogP contribution >= 0.6 is 13.5 Å². The molecule has 0 amide bonds. The van der Waals surface area contributed by atoms with Crippen LogP contribution in [0.5, 0.6) is 0 Å². The quantitative estimate of drug-likeness (QED) is 0.906. The van der Waals surface area contributed by atoms with Gasteiger partial charge >= 0.3 is 0 Å². The molecule has 1 heterocycles. The van der Waals surface area contributed by atoms with Gasteiger partial charge in [0.1, 0.15) is 11.9 Å². The molecule has 0 fully saturated rings. The molecule has 0 saturated heterocycles. The summed E-state index contributed by atoms with van der Waals surface area (Å²) in [4.78, 5) is 4.37. The average molecular weight is 322 g/mol. The highest BCUT2D eigenvalue weighted by Crippen LogP contribution is 2.22. The third-order valence-corrected chi connectivity index (χ3v) is 3.09. The van der Waals surface area contributed by atoms with Gasteiger partial charge in [-0.05, 0) is 45.0 Å². The highest BCUT2D eigenvalue weighted by molar-refractivity contribution is 7.59. The lowest BCUT2D eigenvalue weighted by atomic mass is 10.1. The zero-order valence-corrected chi connectivity index (χ0v) is 14.1. The maximum Gasteiger partial charge on any atom is 0.132 e. The predicted molar refractivity (Wildman–Crippen MR) is 92.7 cm³/mol. The fourth-order valence-corrected chi connectivity index (χ4v) is 1.96. The van der Waals surface area contributed by atoms with Crippen LogP contribution in [0.3, 0.4) is 0 Å². The molecule has 1 atom stereocenters. The number of halogens is 1. The first-order chi connectivity index (χ1) is 9.87. The number of rotatable bonds is 4. The molecule has 3 nitrogen and oxygen atoms in total. The highest BCUT2D eigenvalue weighted by Gasteiger charge is 2.15. The van der Waals surface area contributed by atoms with E-state index in [1.165, 1.54) is 6.07 Å². The summed E-state index contributed by atoms with van der Waals surface area (Å²) in [7, 11) is 0. The first-order valence-electron chi connectivity index (χ1n) is 7.02. The maximum absolute atomic E-state index is 13.8. The van der Waals surface area contributed by atoms with E-state index in [-0.39, 0.29) is 24.9 Å². The Morgan fingerprint density at radius 1 is 1.14 bits per heavy atom. The lowest BCUT2D eigenvalue weighted by molar-refractivity contribution is 0.159. The molecule has 2 aromatic rings. The fraction of sp³-hybridized carbons (Fsp3) is 0.353. The molecule has 22 heavy (non-hydrogen) atoms. The van der Waals surface area contributed by atoms with Gasteiger partial charge in [-0.15, -0.1) is 0 Å². The van der Waals surface area contributed by atoms with E-state index < -0.39 is 6.10 Å². The number of benzene rings is 1. The molecule has 1 aromatic heterocycles. The predicted octanol–water partition coefficient (Wildman–Crippen LogP) is 3.42. The van der Waals surface area contributed by atoms with Crippen LogP contribution in [0.4, 0.5) is 4.39 Å². The Balaban J connectivity index is 0.00000242. The number of aliphatic hydroxyl groups excluding tert-OH is 1. The van der Waals surface area contributed by atoms with E-state index in [9.17, 15) is 9.50 Å². The Morgan fingerprint density at radius 2 is 1.82 bits per heavy atom. The number of hydrogen-bond acceptors (Lipinski definition) is 3. The smallest absolute Gasteiger partial charge is 0.132 e. The van der Waals surface area contributed by atoms with Gasteiger partial charge in [0, 0.05) is 17.6 Å². The summed E-state index contributed by atoms with van der Waals surface area (Å²) in [5.74, 6) is -0.315. The van der Waals surface area contributed by atoms with Gasteiger partial charge in [-0.2, -0.15) is 13.5 Å². The van der Waals surface area contributed by atoms with Gasteiger partial charge in [-0.3, -0.25) is 0 Å². The molecule has 1 aromatic carbocycles. The molecule has 0 aliphatic rings. The van der Waals surface area contributed by atoms with Crippen LogP contribution in [-0.2, 0) is 0 Å². The van der Waals surface area contributed by atoms with Crippen molar-refractivity contribution in [2.24, 2.45) is 0 Å². The molecule has 5 heteroatoms. The van der Waals surface area contributed by atoms with E-state index in [0.29, 0.717) is 23.5 Å². The zero-order chi connectivity index (χ0) is 15.5. The second kappa shape index (κ2) is 7.72. The summed E-state index contributed by atoms with van der Waals surface area (Å²) >= 11 is 0. The molecule has 120 valence electrons. The van der Waals surface area contributed by atoms with E-state index in [1.54, 1.807) is 36.4 Å². The van der Waals surface area contributed by atoms with Crippen molar-refractivity contribution in [3.8, 4) is 11.3 Å².